The number of nitrogens with two attached hydrogens (primary N) is 1. The number of hydrogen-bond acceptors (Lipinski definition) is 5. The van der Waals surface area contributed by atoms with Crippen molar-refractivity contribution in [3.8, 4) is 0 Å². The Morgan fingerprint density at radius 1 is 1.47 bits per heavy atom. The van der Waals surface area contributed by atoms with Crippen LogP contribution in [0.2, 0.25) is 0 Å². The van der Waals surface area contributed by atoms with Crippen LogP contribution in [0.4, 0.5) is 5.82 Å². The molecule has 0 saturated heterocycles. The van der Waals surface area contributed by atoms with Crippen molar-refractivity contribution in [3.05, 3.63) is 17.6 Å². The third kappa shape index (κ3) is 3.19. The molecule has 5 heteroatoms. The second-order valence-corrected chi connectivity index (χ2v) is 4.23. The van der Waals surface area contributed by atoms with Crippen molar-refractivity contribution in [2.24, 2.45) is 0 Å². The minimum absolute atomic E-state index is 0.177. The fraction of sp³-hybridized carbons (Fsp3) is 0.500. The molecule has 2 N–H and O–H groups in total. The van der Waals surface area contributed by atoms with E-state index in [1.165, 1.54) is 6.20 Å². The maximum Gasteiger partial charge on any atom is 0.359 e. The van der Waals surface area contributed by atoms with E-state index >= 15 is 0 Å². The summed E-state index contributed by atoms with van der Waals surface area (Å²) in [6.45, 7) is 7.07. The predicted octanol–water partition coefficient (Wildman–Crippen LogP) is 1.32. The Balaban J connectivity index is 2.88. The summed E-state index contributed by atoms with van der Waals surface area (Å²) in [4.78, 5) is 19.4. The molecule has 0 aliphatic carbocycles. The molecule has 0 spiro atoms. The van der Waals surface area contributed by atoms with Gasteiger partial charge in [-0.05, 0) is 27.7 Å². The molecule has 0 amide bonds. The molecule has 0 aliphatic rings. The van der Waals surface area contributed by atoms with Crippen molar-refractivity contribution in [3.63, 3.8) is 0 Å². The number of nitrogen functional groups attached to an aromatic ring is 1. The van der Waals surface area contributed by atoms with Gasteiger partial charge < -0.3 is 10.5 Å². The monoisotopic (exact) mass is 209 g/mol. The molecule has 15 heavy (non-hydrogen) atoms. The minimum atomic E-state index is -0.534. The number of ether oxygens (including phenoxy) is 1. The number of aryl methyl sites for hydroxylation is 1. The zero-order valence-corrected chi connectivity index (χ0v) is 9.37. The molecule has 0 bridgehead atoms. The zero-order valence-electron chi connectivity index (χ0n) is 9.37. The fourth-order valence-electron chi connectivity index (χ4n) is 0.920. The summed E-state index contributed by atoms with van der Waals surface area (Å²) in [6.07, 6.45) is 1.32. The molecular weight excluding hydrogens is 194 g/mol. The van der Waals surface area contributed by atoms with Crippen LogP contribution in [-0.4, -0.2) is 21.5 Å². The predicted molar refractivity (Wildman–Crippen MR) is 56.3 cm³/mol. The quantitative estimate of drug-likeness (QED) is 0.706. The minimum Gasteiger partial charge on any atom is -0.455 e. The number of rotatable bonds is 1. The molecule has 0 saturated carbocycles. The standard InChI is InChI=1S/C10H15N3O2/c1-6-8(11)12-5-7(13-6)9(14)15-10(2,3)4/h5H,1-4H3,(H2,11,12). The summed E-state index contributed by atoms with van der Waals surface area (Å²) < 4.78 is 5.14. The van der Waals surface area contributed by atoms with E-state index in [0.29, 0.717) is 11.5 Å². The molecular formula is C10H15N3O2. The van der Waals surface area contributed by atoms with Crippen molar-refractivity contribution in [1.82, 2.24) is 9.97 Å². The Morgan fingerprint density at radius 3 is 2.53 bits per heavy atom. The van der Waals surface area contributed by atoms with Gasteiger partial charge in [0.25, 0.3) is 0 Å². The van der Waals surface area contributed by atoms with Gasteiger partial charge in [0.05, 0.1) is 11.9 Å². The maximum atomic E-state index is 11.6. The number of aromatic nitrogens is 2. The fourth-order valence-corrected chi connectivity index (χ4v) is 0.920. The van der Waals surface area contributed by atoms with E-state index in [-0.39, 0.29) is 5.69 Å². The molecule has 0 aliphatic heterocycles. The van der Waals surface area contributed by atoms with E-state index in [9.17, 15) is 4.79 Å². The largest absolute Gasteiger partial charge is 0.455 e. The molecule has 1 rings (SSSR count). The smallest absolute Gasteiger partial charge is 0.359 e. The highest BCUT2D eigenvalue weighted by molar-refractivity contribution is 5.87. The van der Waals surface area contributed by atoms with Crippen LogP contribution in [0.25, 0.3) is 0 Å². The summed E-state index contributed by atoms with van der Waals surface area (Å²) >= 11 is 0. The van der Waals surface area contributed by atoms with Gasteiger partial charge in [0, 0.05) is 0 Å². The number of nitrogens with zero attached hydrogens (tertiary/aromatic N) is 2. The maximum absolute atomic E-state index is 11.6. The average Bonchev–Trinajstić information content (AvgIpc) is 2.06. The molecule has 5 nitrogen and oxygen atoms in total. The summed E-state index contributed by atoms with van der Waals surface area (Å²) in [7, 11) is 0. The van der Waals surface area contributed by atoms with Gasteiger partial charge in [0.15, 0.2) is 5.69 Å². The third-order valence-corrected chi connectivity index (χ3v) is 1.59. The second kappa shape index (κ2) is 3.84. The second-order valence-electron chi connectivity index (χ2n) is 4.23. The zero-order chi connectivity index (χ0) is 11.6. The highest BCUT2D eigenvalue weighted by atomic mass is 16.6. The lowest BCUT2D eigenvalue weighted by Gasteiger charge is -2.19. The number of anilines is 1. The molecule has 1 aromatic heterocycles. The van der Waals surface area contributed by atoms with Gasteiger partial charge in [-0.3, -0.25) is 0 Å². The van der Waals surface area contributed by atoms with Gasteiger partial charge in [-0.15, -0.1) is 0 Å². The van der Waals surface area contributed by atoms with E-state index < -0.39 is 11.6 Å². The molecule has 82 valence electrons. The molecule has 0 radical (unpaired) electrons. The average molecular weight is 209 g/mol. The Morgan fingerprint density at radius 2 is 2.07 bits per heavy atom. The Labute approximate surface area is 88.7 Å². The lowest BCUT2D eigenvalue weighted by Crippen LogP contribution is -2.24. The number of carbonyl (C=O) groups is 1. The SMILES string of the molecule is Cc1nc(C(=O)OC(C)(C)C)cnc1N. The third-order valence-electron chi connectivity index (χ3n) is 1.59. The van der Waals surface area contributed by atoms with Crippen LogP contribution < -0.4 is 5.73 Å². The van der Waals surface area contributed by atoms with E-state index in [4.69, 9.17) is 10.5 Å². The first-order valence-corrected chi connectivity index (χ1v) is 4.62. The Hall–Kier alpha value is -1.65. The lowest BCUT2D eigenvalue weighted by molar-refractivity contribution is 0.00621. The highest BCUT2D eigenvalue weighted by Gasteiger charge is 2.19. The summed E-state index contributed by atoms with van der Waals surface area (Å²) in [5, 5.41) is 0. The van der Waals surface area contributed by atoms with Gasteiger partial charge >= 0.3 is 5.97 Å². The van der Waals surface area contributed by atoms with E-state index in [1.54, 1.807) is 27.7 Å². The first-order valence-electron chi connectivity index (χ1n) is 4.62. The Kier molecular flexibility index (Phi) is 2.93. The molecule has 1 aromatic rings. The molecule has 0 fully saturated rings. The van der Waals surface area contributed by atoms with Crippen LogP contribution in [0.5, 0.6) is 0 Å². The first-order chi connectivity index (χ1) is 6.79. The number of carbonyl (C=O) groups excluding carboxylic acids is 1. The topological polar surface area (TPSA) is 78.1 Å². The van der Waals surface area contributed by atoms with Crippen LogP contribution in [0.15, 0.2) is 6.20 Å². The molecule has 1 heterocycles. The van der Waals surface area contributed by atoms with Gasteiger partial charge in [-0.1, -0.05) is 0 Å². The van der Waals surface area contributed by atoms with Crippen LogP contribution in [0, 0.1) is 6.92 Å². The molecule has 0 aromatic carbocycles. The first kappa shape index (κ1) is 11.4. The summed E-state index contributed by atoms with van der Waals surface area (Å²) in [5.41, 5.74) is 5.66. The number of hydrogen-bond donors (Lipinski definition) is 1. The van der Waals surface area contributed by atoms with Crippen LogP contribution >= 0.6 is 0 Å². The summed E-state index contributed by atoms with van der Waals surface area (Å²) in [6, 6.07) is 0. The van der Waals surface area contributed by atoms with Crippen molar-refractivity contribution in [1.29, 1.82) is 0 Å². The van der Waals surface area contributed by atoms with E-state index in [2.05, 4.69) is 9.97 Å². The van der Waals surface area contributed by atoms with Gasteiger partial charge in [-0.2, -0.15) is 0 Å². The van der Waals surface area contributed by atoms with Crippen molar-refractivity contribution < 1.29 is 9.53 Å². The normalized spacial score (nSPS) is 11.2. The number of esters is 1. The van der Waals surface area contributed by atoms with Gasteiger partial charge in [-0.25, -0.2) is 14.8 Å². The lowest BCUT2D eigenvalue weighted by atomic mass is 10.2. The van der Waals surface area contributed by atoms with Crippen LogP contribution in [0.3, 0.4) is 0 Å². The van der Waals surface area contributed by atoms with Gasteiger partial charge in [0.2, 0.25) is 0 Å². The van der Waals surface area contributed by atoms with Crippen molar-refractivity contribution >= 4 is 11.8 Å². The van der Waals surface area contributed by atoms with E-state index in [0.717, 1.165) is 0 Å². The highest BCUT2D eigenvalue weighted by Crippen LogP contribution is 2.11. The van der Waals surface area contributed by atoms with Gasteiger partial charge in [0.1, 0.15) is 11.4 Å². The summed E-state index contributed by atoms with van der Waals surface area (Å²) in [5.74, 6) is -0.166. The van der Waals surface area contributed by atoms with Crippen LogP contribution in [-0.2, 0) is 4.74 Å². The van der Waals surface area contributed by atoms with Crippen molar-refractivity contribution in [2.45, 2.75) is 33.3 Å². The van der Waals surface area contributed by atoms with E-state index in [1.807, 2.05) is 0 Å². The molecule has 0 atom stereocenters. The molecule has 0 unspecified atom stereocenters. The van der Waals surface area contributed by atoms with Crippen molar-refractivity contribution in [2.75, 3.05) is 5.73 Å². The van der Waals surface area contributed by atoms with Crippen LogP contribution in [0.1, 0.15) is 37.0 Å². The Bertz CT molecular complexity index is 383.